The van der Waals surface area contributed by atoms with E-state index in [1.807, 2.05) is 79.7 Å². The van der Waals surface area contributed by atoms with Gasteiger partial charge in [-0.05, 0) is 41.8 Å². The topological polar surface area (TPSA) is 37.4 Å². The van der Waals surface area contributed by atoms with Gasteiger partial charge in [0, 0.05) is 11.1 Å². The zero-order chi connectivity index (χ0) is 18.1. The number of benzene rings is 3. The van der Waals surface area contributed by atoms with Crippen LogP contribution < -0.4 is 4.90 Å². The summed E-state index contributed by atoms with van der Waals surface area (Å²) in [4.78, 5) is 27.6. The Kier molecular flexibility index (Phi) is 3.98. The van der Waals surface area contributed by atoms with E-state index in [4.69, 9.17) is 0 Å². The van der Waals surface area contributed by atoms with Gasteiger partial charge in [-0.15, -0.1) is 0 Å². The van der Waals surface area contributed by atoms with Gasteiger partial charge >= 0.3 is 0 Å². The molecule has 3 aromatic carbocycles. The van der Waals surface area contributed by atoms with Crippen LogP contribution in [0.25, 0.3) is 11.6 Å². The largest absolute Gasteiger partial charge is 0.268 e. The minimum atomic E-state index is -0.299. The average molecular weight is 339 g/mol. The molecular weight excluding hydrogens is 322 g/mol. The molecule has 126 valence electrons. The van der Waals surface area contributed by atoms with E-state index >= 15 is 0 Å². The van der Waals surface area contributed by atoms with Gasteiger partial charge in [0.15, 0.2) is 0 Å². The molecule has 1 heterocycles. The van der Waals surface area contributed by atoms with Crippen LogP contribution >= 0.6 is 0 Å². The first-order valence-electron chi connectivity index (χ1n) is 8.47. The van der Waals surface area contributed by atoms with Gasteiger partial charge < -0.3 is 0 Å². The second-order valence-electron chi connectivity index (χ2n) is 6.25. The van der Waals surface area contributed by atoms with E-state index in [-0.39, 0.29) is 11.8 Å². The molecule has 0 atom stereocenters. The van der Waals surface area contributed by atoms with E-state index in [1.54, 1.807) is 12.1 Å². The van der Waals surface area contributed by atoms with Crippen molar-refractivity contribution in [3.8, 4) is 0 Å². The second-order valence-corrected chi connectivity index (χ2v) is 6.25. The van der Waals surface area contributed by atoms with E-state index < -0.39 is 0 Å². The lowest BCUT2D eigenvalue weighted by Gasteiger charge is -2.29. The summed E-state index contributed by atoms with van der Waals surface area (Å²) >= 11 is 0. The third kappa shape index (κ3) is 2.64. The molecule has 0 spiro atoms. The normalized spacial score (nSPS) is 15.3. The Labute approximate surface area is 152 Å². The summed E-state index contributed by atoms with van der Waals surface area (Å²) in [5.74, 6) is -0.586. The van der Waals surface area contributed by atoms with Crippen molar-refractivity contribution in [2.45, 2.75) is 6.92 Å². The number of para-hydroxylation sites is 1. The lowest BCUT2D eigenvalue weighted by molar-refractivity contribution is -0.112. The SMILES string of the molecule is Cc1ccccc1N1C(=O)/C(=C/c2ccccc2)c2ccccc2C1=O. The highest BCUT2D eigenvalue weighted by molar-refractivity contribution is 6.43. The van der Waals surface area contributed by atoms with Crippen molar-refractivity contribution in [1.29, 1.82) is 0 Å². The Morgan fingerprint density at radius 3 is 2.04 bits per heavy atom. The van der Waals surface area contributed by atoms with Gasteiger partial charge in [0.25, 0.3) is 11.8 Å². The van der Waals surface area contributed by atoms with Crippen LogP contribution in [0.4, 0.5) is 5.69 Å². The summed E-state index contributed by atoms with van der Waals surface area (Å²) in [6.07, 6.45) is 1.85. The first-order valence-corrected chi connectivity index (χ1v) is 8.47. The predicted molar refractivity (Wildman–Crippen MR) is 104 cm³/mol. The molecule has 3 heteroatoms. The minimum absolute atomic E-state index is 0.287. The number of carbonyl (C=O) groups is 2. The lowest BCUT2D eigenvalue weighted by Crippen LogP contribution is -2.42. The van der Waals surface area contributed by atoms with Crippen molar-refractivity contribution in [3.63, 3.8) is 0 Å². The van der Waals surface area contributed by atoms with Crippen LogP contribution in [0.3, 0.4) is 0 Å². The molecule has 0 aromatic heterocycles. The van der Waals surface area contributed by atoms with Crippen molar-refractivity contribution < 1.29 is 9.59 Å². The number of imide groups is 1. The first kappa shape index (κ1) is 16.0. The highest BCUT2D eigenvalue weighted by Gasteiger charge is 2.36. The van der Waals surface area contributed by atoms with Crippen LogP contribution in [0.2, 0.25) is 0 Å². The van der Waals surface area contributed by atoms with Gasteiger partial charge in [-0.2, -0.15) is 0 Å². The van der Waals surface area contributed by atoms with Crippen LogP contribution in [0.15, 0.2) is 78.9 Å². The molecule has 0 fully saturated rings. The number of fused-ring (bicyclic) bond motifs is 1. The highest BCUT2D eigenvalue weighted by Crippen LogP contribution is 2.34. The van der Waals surface area contributed by atoms with Crippen LogP contribution in [-0.2, 0) is 4.79 Å². The maximum absolute atomic E-state index is 13.3. The molecule has 26 heavy (non-hydrogen) atoms. The van der Waals surface area contributed by atoms with Crippen molar-refractivity contribution in [2.75, 3.05) is 4.90 Å². The standard InChI is InChI=1S/C23H17NO2/c1-16-9-5-8-14-21(16)24-22(25)19-13-7-6-12-18(19)20(23(24)26)15-17-10-3-2-4-11-17/h2-15H,1H3/b20-15+. The summed E-state index contributed by atoms with van der Waals surface area (Å²) in [6.45, 7) is 1.90. The Bertz CT molecular complexity index is 1030. The molecule has 0 saturated heterocycles. The smallest absolute Gasteiger partial charge is 0.265 e. The van der Waals surface area contributed by atoms with Crippen molar-refractivity contribution in [3.05, 3.63) is 101 Å². The summed E-state index contributed by atoms with van der Waals surface area (Å²) < 4.78 is 0. The zero-order valence-electron chi connectivity index (χ0n) is 14.3. The van der Waals surface area contributed by atoms with Crippen LogP contribution in [-0.4, -0.2) is 11.8 Å². The number of rotatable bonds is 2. The third-order valence-corrected chi connectivity index (χ3v) is 4.55. The molecule has 0 radical (unpaired) electrons. The van der Waals surface area contributed by atoms with E-state index in [9.17, 15) is 9.59 Å². The molecule has 2 amide bonds. The molecule has 0 N–H and O–H groups in total. The van der Waals surface area contributed by atoms with E-state index in [0.29, 0.717) is 22.4 Å². The fourth-order valence-corrected chi connectivity index (χ4v) is 3.24. The van der Waals surface area contributed by atoms with Crippen LogP contribution in [0.1, 0.15) is 27.0 Å². The quantitative estimate of drug-likeness (QED) is 0.500. The Balaban J connectivity index is 1.93. The summed E-state index contributed by atoms with van der Waals surface area (Å²) in [5.41, 5.74) is 4.16. The maximum Gasteiger partial charge on any atom is 0.265 e. The second kappa shape index (κ2) is 6.45. The number of hydrogen-bond acceptors (Lipinski definition) is 2. The number of anilines is 1. The third-order valence-electron chi connectivity index (χ3n) is 4.55. The highest BCUT2D eigenvalue weighted by atomic mass is 16.2. The Hall–Kier alpha value is -3.46. The number of nitrogens with zero attached hydrogens (tertiary/aromatic N) is 1. The predicted octanol–water partition coefficient (Wildman–Crippen LogP) is 4.72. The van der Waals surface area contributed by atoms with E-state index in [0.717, 1.165) is 11.1 Å². The fraction of sp³-hybridized carbons (Fsp3) is 0.0435. The van der Waals surface area contributed by atoms with Gasteiger partial charge in [0.2, 0.25) is 0 Å². The van der Waals surface area contributed by atoms with Crippen LogP contribution in [0, 0.1) is 6.92 Å². The summed E-state index contributed by atoms with van der Waals surface area (Å²) in [6, 6.07) is 24.4. The van der Waals surface area contributed by atoms with E-state index in [2.05, 4.69) is 0 Å². The Morgan fingerprint density at radius 1 is 0.692 bits per heavy atom. The zero-order valence-corrected chi connectivity index (χ0v) is 14.3. The monoisotopic (exact) mass is 339 g/mol. The summed E-state index contributed by atoms with van der Waals surface area (Å²) in [5, 5.41) is 0. The van der Waals surface area contributed by atoms with E-state index in [1.165, 1.54) is 4.90 Å². The van der Waals surface area contributed by atoms with Crippen LogP contribution in [0.5, 0.6) is 0 Å². The number of hydrogen-bond donors (Lipinski definition) is 0. The maximum atomic E-state index is 13.3. The van der Waals surface area contributed by atoms with Crippen molar-refractivity contribution in [2.24, 2.45) is 0 Å². The van der Waals surface area contributed by atoms with Gasteiger partial charge in [0.1, 0.15) is 0 Å². The van der Waals surface area contributed by atoms with Gasteiger partial charge in [-0.1, -0.05) is 66.7 Å². The molecule has 4 rings (SSSR count). The molecule has 1 aliphatic rings. The number of amides is 2. The molecular formula is C23H17NO2. The first-order chi connectivity index (χ1) is 12.7. The summed E-state index contributed by atoms with van der Waals surface area (Å²) in [7, 11) is 0. The average Bonchev–Trinajstić information content (AvgIpc) is 2.67. The molecule has 0 unspecified atom stereocenters. The molecule has 0 aliphatic carbocycles. The molecule has 0 bridgehead atoms. The number of carbonyl (C=O) groups excluding carboxylic acids is 2. The minimum Gasteiger partial charge on any atom is -0.268 e. The van der Waals surface area contributed by atoms with Gasteiger partial charge in [-0.3, -0.25) is 9.59 Å². The van der Waals surface area contributed by atoms with Crippen molar-refractivity contribution >= 4 is 29.2 Å². The lowest BCUT2D eigenvalue weighted by atomic mass is 9.91. The molecule has 1 aliphatic heterocycles. The van der Waals surface area contributed by atoms with Crippen molar-refractivity contribution in [1.82, 2.24) is 0 Å². The van der Waals surface area contributed by atoms with Gasteiger partial charge in [0.05, 0.1) is 5.69 Å². The Morgan fingerprint density at radius 2 is 1.31 bits per heavy atom. The fourth-order valence-electron chi connectivity index (χ4n) is 3.24. The number of aryl methyl sites for hydroxylation is 1. The molecule has 3 nitrogen and oxygen atoms in total. The molecule has 0 saturated carbocycles. The molecule has 3 aromatic rings. The van der Waals surface area contributed by atoms with Gasteiger partial charge in [-0.25, -0.2) is 4.90 Å².